The van der Waals surface area contributed by atoms with Gasteiger partial charge in [0, 0.05) is 32.5 Å². The summed E-state index contributed by atoms with van der Waals surface area (Å²) in [5.74, 6) is 0. The molecular formula is C8H12N2O2. The summed E-state index contributed by atoms with van der Waals surface area (Å²) in [7, 11) is 1.67. The van der Waals surface area contributed by atoms with Crippen LogP contribution in [0, 0.1) is 0 Å². The fourth-order valence-electron chi connectivity index (χ4n) is 0.727. The molecule has 0 amide bonds. The largest absolute Gasteiger partial charge is 0.463 e. The van der Waals surface area contributed by atoms with Crippen molar-refractivity contribution < 1.29 is 9.47 Å². The SMILES string of the molecule is COCCCOc1ncccn1. The molecule has 0 saturated carbocycles. The number of nitrogens with zero attached hydrogens (tertiary/aromatic N) is 2. The summed E-state index contributed by atoms with van der Waals surface area (Å²) in [4.78, 5) is 7.80. The highest BCUT2D eigenvalue weighted by atomic mass is 16.5. The second-order valence-corrected chi connectivity index (χ2v) is 2.23. The van der Waals surface area contributed by atoms with E-state index in [1.807, 2.05) is 0 Å². The molecule has 0 aliphatic rings. The molecule has 66 valence electrons. The summed E-state index contributed by atoms with van der Waals surface area (Å²) in [5.41, 5.74) is 0. The van der Waals surface area contributed by atoms with E-state index in [2.05, 4.69) is 9.97 Å². The molecule has 0 saturated heterocycles. The van der Waals surface area contributed by atoms with Crippen LogP contribution < -0.4 is 4.74 Å². The number of ether oxygens (including phenoxy) is 2. The van der Waals surface area contributed by atoms with E-state index in [0.29, 0.717) is 19.2 Å². The fourth-order valence-corrected chi connectivity index (χ4v) is 0.727. The van der Waals surface area contributed by atoms with Crippen molar-refractivity contribution in [2.24, 2.45) is 0 Å². The smallest absolute Gasteiger partial charge is 0.316 e. The average molecular weight is 168 g/mol. The van der Waals surface area contributed by atoms with Crippen LogP contribution in [0.1, 0.15) is 6.42 Å². The Kier molecular flexibility index (Phi) is 4.08. The first-order chi connectivity index (χ1) is 5.93. The Labute approximate surface area is 71.6 Å². The highest BCUT2D eigenvalue weighted by molar-refractivity contribution is 4.92. The molecule has 0 aliphatic heterocycles. The molecular weight excluding hydrogens is 156 g/mol. The van der Waals surface area contributed by atoms with Crippen LogP contribution in [-0.2, 0) is 4.74 Å². The highest BCUT2D eigenvalue weighted by Crippen LogP contribution is 1.97. The molecule has 0 radical (unpaired) electrons. The van der Waals surface area contributed by atoms with Crippen LogP contribution >= 0.6 is 0 Å². The number of methoxy groups -OCH3 is 1. The first-order valence-electron chi connectivity index (χ1n) is 3.82. The van der Waals surface area contributed by atoms with Crippen LogP contribution in [0.2, 0.25) is 0 Å². The van der Waals surface area contributed by atoms with Gasteiger partial charge in [-0.25, -0.2) is 9.97 Å². The van der Waals surface area contributed by atoms with Crippen LogP contribution in [0.25, 0.3) is 0 Å². The zero-order valence-corrected chi connectivity index (χ0v) is 7.06. The van der Waals surface area contributed by atoms with Crippen molar-refractivity contribution in [1.29, 1.82) is 0 Å². The number of hydrogen-bond donors (Lipinski definition) is 0. The quantitative estimate of drug-likeness (QED) is 0.612. The molecule has 4 heteroatoms. The van der Waals surface area contributed by atoms with E-state index < -0.39 is 0 Å². The lowest BCUT2D eigenvalue weighted by Crippen LogP contribution is -2.03. The Bertz CT molecular complexity index is 203. The van der Waals surface area contributed by atoms with Gasteiger partial charge in [0.1, 0.15) is 0 Å². The van der Waals surface area contributed by atoms with E-state index in [4.69, 9.17) is 9.47 Å². The number of rotatable bonds is 5. The van der Waals surface area contributed by atoms with E-state index in [9.17, 15) is 0 Å². The third kappa shape index (κ3) is 3.30. The van der Waals surface area contributed by atoms with Crippen molar-refractivity contribution in [2.45, 2.75) is 6.42 Å². The van der Waals surface area contributed by atoms with Gasteiger partial charge >= 0.3 is 6.01 Å². The van der Waals surface area contributed by atoms with Gasteiger partial charge < -0.3 is 9.47 Å². The first kappa shape index (κ1) is 8.93. The van der Waals surface area contributed by atoms with E-state index >= 15 is 0 Å². The van der Waals surface area contributed by atoms with Crippen molar-refractivity contribution >= 4 is 0 Å². The minimum Gasteiger partial charge on any atom is -0.463 e. The fraction of sp³-hybridized carbons (Fsp3) is 0.500. The van der Waals surface area contributed by atoms with Crippen LogP contribution in [-0.4, -0.2) is 30.3 Å². The molecule has 12 heavy (non-hydrogen) atoms. The highest BCUT2D eigenvalue weighted by Gasteiger charge is 1.93. The minimum absolute atomic E-state index is 0.425. The third-order valence-corrected chi connectivity index (χ3v) is 1.27. The monoisotopic (exact) mass is 168 g/mol. The van der Waals surface area contributed by atoms with Crippen molar-refractivity contribution in [1.82, 2.24) is 9.97 Å². The minimum atomic E-state index is 0.425. The summed E-state index contributed by atoms with van der Waals surface area (Å²) in [6.45, 7) is 1.30. The normalized spacial score (nSPS) is 9.75. The van der Waals surface area contributed by atoms with Crippen LogP contribution in [0.5, 0.6) is 6.01 Å². The third-order valence-electron chi connectivity index (χ3n) is 1.27. The Morgan fingerprint density at radius 1 is 1.25 bits per heavy atom. The van der Waals surface area contributed by atoms with Crippen LogP contribution in [0.4, 0.5) is 0 Å². The Balaban J connectivity index is 2.16. The van der Waals surface area contributed by atoms with Crippen molar-refractivity contribution in [3.05, 3.63) is 18.5 Å². The van der Waals surface area contributed by atoms with Gasteiger partial charge in [0.15, 0.2) is 0 Å². The van der Waals surface area contributed by atoms with Crippen LogP contribution in [0.3, 0.4) is 0 Å². The molecule has 0 atom stereocenters. The molecule has 0 aromatic carbocycles. The summed E-state index contributed by atoms with van der Waals surface area (Å²) >= 11 is 0. The predicted octanol–water partition coefficient (Wildman–Crippen LogP) is 0.892. The van der Waals surface area contributed by atoms with Crippen LogP contribution in [0.15, 0.2) is 18.5 Å². The Hall–Kier alpha value is -1.16. The van der Waals surface area contributed by atoms with Gasteiger partial charge in [0.25, 0.3) is 0 Å². The average Bonchev–Trinajstić information content (AvgIpc) is 2.14. The van der Waals surface area contributed by atoms with Crippen molar-refractivity contribution in [3.8, 4) is 6.01 Å². The van der Waals surface area contributed by atoms with Gasteiger partial charge in [-0.05, 0) is 6.07 Å². The summed E-state index contributed by atoms with van der Waals surface area (Å²) in [5, 5.41) is 0. The van der Waals surface area contributed by atoms with Gasteiger partial charge in [0.2, 0.25) is 0 Å². The lowest BCUT2D eigenvalue weighted by atomic mass is 10.5. The van der Waals surface area contributed by atoms with Gasteiger partial charge in [-0.3, -0.25) is 0 Å². The molecule has 1 rings (SSSR count). The maximum atomic E-state index is 5.21. The number of hydrogen-bond acceptors (Lipinski definition) is 4. The van der Waals surface area contributed by atoms with Gasteiger partial charge in [-0.1, -0.05) is 0 Å². The molecule has 0 spiro atoms. The molecule has 0 fully saturated rings. The molecule has 0 bridgehead atoms. The van der Waals surface area contributed by atoms with Gasteiger partial charge in [-0.2, -0.15) is 0 Å². The van der Waals surface area contributed by atoms with Crippen molar-refractivity contribution in [3.63, 3.8) is 0 Å². The maximum absolute atomic E-state index is 5.21. The standard InChI is InChI=1S/C8H12N2O2/c1-11-6-3-7-12-8-9-4-2-5-10-8/h2,4-5H,3,6-7H2,1H3. The topological polar surface area (TPSA) is 44.2 Å². The molecule has 1 aromatic rings. The first-order valence-corrected chi connectivity index (χ1v) is 3.82. The van der Waals surface area contributed by atoms with E-state index in [1.54, 1.807) is 25.6 Å². The summed E-state index contributed by atoms with van der Waals surface area (Å²) in [6.07, 6.45) is 4.16. The van der Waals surface area contributed by atoms with Crippen molar-refractivity contribution in [2.75, 3.05) is 20.3 Å². The van der Waals surface area contributed by atoms with Gasteiger partial charge in [0.05, 0.1) is 6.61 Å². The predicted molar refractivity (Wildman–Crippen MR) is 44.0 cm³/mol. The molecule has 4 nitrogen and oxygen atoms in total. The summed E-state index contributed by atoms with van der Waals surface area (Å²) in [6, 6.07) is 2.18. The zero-order chi connectivity index (χ0) is 8.65. The zero-order valence-electron chi connectivity index (χ0n) is 7.06. The van der Waals surface area contributed by atoms with E-state index in [1.165, 1.54) is 0 Å². The Morgan fingerprint density at radius 3 is 2.67 bits per heavy atom. The van der Waals surface area contributed by atoms with E-state index in [-0.39, 0.29) is 0 Å². The van der Waals surface area contributed by atoms with Gasteiger partial charge in [-0.15, -0.1) is 0 Å². The molecule has 0 N–H and O–H groups in total. The second kappa shape index (κ2) is 5.49. The number of aromatic nitrogens is 2. The molecule has 0 aliphatic carbocycles. The molecule has 0 unspecified atom stereocenters. The Morgan fingerprint density at radius 2 is 2.00 bits per heavy atom. The lowest BCUT2D eigenvalue weighted by Gasteiger charge is -2.01. The van der Waals surface area contributed by atoms with E-state index in [0.717, 1.165) is 6.42 Å². The molecule has 1 aromatic heterocycles. The lowest BCUT2D eigenvalue weighted by molar-refractivity contribution is 0.168. The maximum Gasteiger partial charge on any atom is 0.316 e. The second-order valence-electron chi connectivity index (χ2n) is 2.23. The summed E-state index contributed by atoms with van der Waals surface area (Å²) < 4.78 is 10.1. The molecule has 1 heterocycles.